The molecule has 4 nitrogen and oxygen atoms in total. The summed E-state index contributed by atoms with van der Waals surface area (Å²) >= 11 is 1.59. The fraction of sp³-hybridized carbons (Fsp3) is 0.200. The van der Waals surface area contributed by atoms with Crippen molar-refractivity contribution in [2.24, 2.45) is 0 Å². The molecule has 0 saturated carbocycles. The molecule has 0 bridgehead atoms. The third-order valence-electron chi connectivity index (χ3n) is 2.68. The average molecular weight is 286 g/mol. The lowest BCUT2D eigenvalue weighted by Gasteiger charge is -2.13. The molecule has 1 heterocycles. The Morgan fingerprint density at radius 2 is 2.30 bits per heavy atom. The highest BCUT2D eigenvalue weighted by molar-refractivity contribution is 7.09. The van der Waals surface area contributed by atoms with Crippen LogP contribution < -0.4 is 5.32 Å². The molecular formula is C15H14N2O2S. The summed E-state index contributed by atoms with van der Waals surface area (Å²) in [5.74, 6) is -0.225. The van der Waals surface area contributed by atoms with Crippen LogP contribution >= 0.6 is 11.3 Å². The maximum absolute atomic E-state index is 12.0. The van der Waals surface area contributed by atoms with Gasteiger partial charge in [0.15, 0.2) is 0 Å². The number of hydrogen-bond donors (Lipinski definition) is 1. The number of nitrogens with one attached hydrogen (secondary N) is 1. The van der Waals surface area contributed by atoms with E-state index in [4.69, 9.17) is 10.00 Å². The van der Waals surface area contributed by atoms with Crippen LogP contribution in [0.4, 0.5) is 5.69 Å². The molecule has 0 aliphatic heterocycles. The Balaban J connectivity index is 1.88. The molecule has 0 radical (unpaired) electrons. The Kier molecular flexibility index (Phi) is 4.88. The zero-order valence-electron chi connectivity index (χ0n) is 11.0. The van der Waals surface area contributed by atoms with Crippen molar-refractivity contribution in [3.8, 4) is 6.07 Å². The van der Waals surface area contributed by atoms with Crippen LogP contribution in [0.1, 0.15) is 17.4 Å². The van der Waals surface area contributed by atoms with Crippen LogP contribution in [0.5, 0.6) is 0 Å². The minimum atomic E-state index is -0.553. The first-order chi connectivity index (χ1) is 9.69. The third kappa shape index (κ3) is 3.92. The second kappa shape index (κ2) is 6.85. The van der Waals surface area contributed by atoms with Gasteiger partial charge in [-0.2, -0.15) is 5.26 Å². The van der Waals surface area contributed by atoms with Gasteiger partial charge in [-0.1, -0.05) is 12.1 Å². The van der Waals surface area contributed by atoms with Crippen LogP contribution in [0.25, 0.3) is 0 Å². The number of amides is 1. The predicted octanol–water partition coefficient (Wildman–Crippen LogP) is 3.16. The second-order valence-corrected chi connectivity index (χ2v) is 5.25. The first kappa shape index (κ1) is 14.3. The van der Waals surface area contributed by atoms with Crippen molar-refractivity contribution in [3.05, 3.63) is 52.2 Å². The summed E-state index contributed by atoms with van der Waals surface area (Å²) in [6, 6.07) is 12.7. The third-order valence-corrected chi connectivity index (χ3v) is 3.53. The molecule has 1 amide bonds. The zero-order chi connectivity index (χ0) is 14.4. The van der Waals surface area contributed by atoms with Gasteiger partial charge in [0.2, 0.25) is 0 Å². The van der Waals surface area contributed by atoms with Crippen molar-refractivity contribution >= 4 is 22.9 Å². The molecule has 1 N–H and O–H groups in total. The fourth-order valence-corrected chi connectivity index (χ4v) is 2.21. The van der Waals surface area contributed by atoms with Gasteiger partial charge in [-0.3, -0.25) is 4.79 Å². The number of benzene rings is 1. The Morgan fingerprint density at radius 1 is 1.45 bits per heavy atom. The van der Waals surface area contributed by atoms with E-state index in [9.17, 15) is 4.79 Å². The molecular weight excluding hydrogens is 272 g/mol. The van der Waals surface area contributed by atoms with Gasteiger partial charge in [0.25, 0.3) is 5.91 Å². The molecule has 2 rings (SSSR count). The van der Waals surface area contributed by atoms with Gasteiger partial charge in [-0.05, 0) is 36.6 Å². The number of carbonyl (C=O) groups is 1. The molecule has 0 aliphatic rings. The van der Waals surface area contributed by atoms with Gasteiger partial charge in [0.1, 0.15) is 6.10 Å². The summed E-state index contributed by atoms with van der Waals surface area (Å²) in [5, 5.41) is 13.5. The summed E-state index contributed by atoms with van der Waals surface area (Å²) in [5.41, 5.74) is 1.11. The zero-order valence-corrected chi connectivity index (χ0v) is 11.8. The smallest absolute Gasteiger partial charge is 0.253 e. The first-order valence-electron chi connectivity index (χ1n) is 6.14. The summed E-state index contributed by atoms with van der Waals surface area (Å²) in [7, 11) is 0. The fourth-order valence-electron chi connectivity index (χ4n) is 1.59. The van der Waals surface area contributed by atoms with Crippen molar-refractivity contribution in [1.29, 1.82) is 5.26 Å². The normalized spacial score (nSPS) is 11.6. The Hall–Kier alpha value is -2.16. The van der Waals surface area contributed by atoms with Gasteiger partial charge in [0.05, 0.1) is 18.2 Å². The van der Waals surface area contributed by atoms with E-state index in [0.29, 0.717) is 17.9 Å². The number of nitrogens with zero attached hydrogens (tertiary/aromatic N) is 1. The monoisotopic (exact) mass is 286 g/mol. The van der Waals surface area contributed by atoms with Crippen molar-refractivity contribution in [3.63, 3.8) is 0 Å². The van der Waals surface area contributed by atoms with Crippen LogP contribution in [-0.2, 0) is 16.1 Å². The van der Waals surface area contributed by atoms with Crippen LogP contribution in [0.2, 0.25) is 0 Å². The lowest BCUT2D eigenvalue weighted by Crippen LogP contribution is -2.27. The number of thiophene rings is 1. The molecule has 2 aromatic rings. The van der Waals surface area contributed by atoms with Gasteiger partial charge in [-0.15, -0.1) is 11.3 Å². The van der Waals surface area contributed by atoms with E-state index in [-0.39, 0.29) is 5.91 Å². The van der Waals surface area contributed by atoms with E-state index in [1.54, 1.807) is 42.5 Å². The van der Waals surface area contributed by atoms with Crippen LogP contribution in [0, 0.1) is 11.3 Å². The van der Waals surface area contributed by atoms with Crippen molar-refractivity contribution < 1.29 is 9.53 Å². The molecule has 102 valence electrons. The predicted molar refractivity (Wildman–Crippen MR) is 78.4 cm³/mol. The minimum absolute atomic E-state index is 0.225. The van der Waals surface area contributed by atoms with Gasteiger partial charge in [0, 0.05) is 10.6 Å². The highest BCUT2D eigenvalue weighted by atomic mass is 32.1. The highest BCUT2D eigenvalue weighted by Gasteiger charge is 2.14. The molecule has 0 fully saturated rings. The SMILES string of the molecule is CC(OCc1cccs1)C(=O)Nc1cccc(C#N)c1. The standard InChI is InChI=1S/C15H14N2O2S/c1-11(19-10-14-6-3-7-20-14)15(18)17-13-5-2-4-12(8-13)9-16/h2-8,11H,10H2,1H3,(H,17,18). The maximum Gasteiger partial charge on any atom is 0.253 e. The van der Waals surface area contributed by atoms with Crippen LogP contribution in [0.3, 0.4) is 0 Å². The molecule has 0 saturated heterocycles. The number of rotatable bonds is 5. The molecule has 1 aromatic heterocycles. The lowest BCUT2D eigenvalue weighted by atomic mass is 10.2. The Labute approximate surface area is 121 Å². The number of nitriles is 1. The van der Waals surface area contributed by atoms with E-state index in [1.807, 2.05) is 23.6 Å². The summed E-state index contributed by atoms with van der Waals surface area (Å²) < 4.78 is 5.51. The quantitative estimate of drug-likeness (QED) is 0.918. The van der Waals surface area contributed by atoms with E-state index in [2.05, 4.69) is 5.32 Å². The molecule has 0 aliphatic carbocycles. The molecule has 1 aromatic carbocycles. The van der Waals surface area contributed by atoms with E-state index < -0.39 is 6.10 Å². The van der Waals surface area contributed by atoms with E-state index in [1.165, 1.54) is 0 Å². The topological polar surface area (TPSA) is 62.1 Å². The van der Waals surface area contributed by atoms with Crippen molar-refractivity contribution in [2.75, 3.05) is 5.32 Å². The van der Waals surface area contributed by atoms with Crippen LogP contribution in [0.15, 0.2) is 41.8 Å². The molecule has 20 heavy (non-hydrogen) atoms. The summed E-state index contributed by atoms with van der Waals surface area (Å²) in [4.78, 5) is 13.0. The average Bonchev–Trinajstić information content (AvgIpc) is 2.98. The molecule has 5 heteroatoms. The number of hydrogen-bond acceptors (Lipinski definition) is 4. The Bertz CT molecular complexity index is 617. The minimum Gasteiger partial charge on any atom is -0.363 e. The van der Waals surface area contributed by atoms with Crippen LogP contribution in [-0.4, -0.2) is 12.0 Å². The number of anilines is 1. The summed E-state index contributed by atoms with van der Waals surface area (Å²) in [6.45, 7) is 2.13. The second-order valence-electron chi connectivity index (χ2n) is 4.21. The lowest BCUT2D eigenvalue weighted by molar-refractivity contribution is -0.127. The Morgan fingerprint density at radius 3 is 3.00 bits per heavy atom. The van der Waals surface area contributed by atoms with Gasteiger partial charge >= 0.3 is 0 Å². The largest absolute Gasteiger partial charge is 0.363 e. The van der Waals surface area contributed by atoms with Gasteiger partial charge in [-0.25, -0.2) is 0 Å². The van der Waals surface area contributed by atoms with Gasteiger partial charge < -0.3 is 10.1 Å². The molecule has 0 spiro atoms. The highest BCUT2D eigenvalue weighted by Crippen LogP contribution is 2.13. The van der Waals surface area contributed by atoms with Crippen molar-refractivity contribution in [1.82, 2.24) is 0 Å². The van der Waals surface area contributed by atoms with Crippen molar-refractivity contribution in [2.45, 2.75) is 19.6 Å². The first-order valence-corrected chi connectivity index (χ1v) is 7.02. The van der Waals surface area contributed by atoms with E-state index >= 15 is 0 Å². The number of carbonyl (C=O) groups excluding carboxylic acids is 1. The number of ether oxygens (including phenoxy) is 1. The maximum atomic E-state index is 12.0. The molecule has 1 unspecified atom stereocenters. The van der Waals surface area contributed by atoms with E-state index in [0.717, 1.165) is 4.88 Å². The summed E-state index contributed by atoms with van der Waals surface area (Å²) in [6.07, 6.45) is -0.553. The molecule has 1 atom stereocenters.